The first-order chi connectivity index (χ1) is 9.31. The molecular weight excluding hydrogens is 264 g/mol. The summed E-state index contributed by atoms with van der Waals surface area (Å²) in [7, 11) is 0. The highest BCUT2D eigenvalue weighted by Crippen LogP contribution is 2.19. The van der Waals surface area contributed by atoms with E-state index in [0.29, 0.717) is 5.89 Å². The average molecular weight is 279 g/mol. The smallest absolute Gasteiger partial charge is 0.230 e. The van der Waals surface area contributed by atoms with Gasteiger partial charge in [0.1, 0.15) is 0 Å². The molecule has 100 valence electrons. The Morgan fingerprint density at radius 3 is 2.47 bits per heavy atom. The summed E-state index contributed by atoms with van der Waals surface area (Å²) in [5, 5.41) is 8.38. The highest BCUT2D eigenvalue weighted by Gasteiger charge is 2.18. The zero-order chi connectivity index (χ0) is 13.1. The highest BCUT2D eigenvalue weighted by atomic mass is 35.5. The molecule has 1 saturated heterocycles. The standard InChI is InChI=1S/C13H15ClN4O/c14-11-1-3-12(4-2-11)18-7-5-17(6-8-18)9-13-16-15-10-19-13/h1-4,10H,5-9H2. The van der Waals surface area contributed by atoms with Gasteiger partial charge in [0.2, 0.25) is 12.3 Å². The molecule has 0 aliphatic carbocycles. The summed E-state index contributed by atoms with van der Waals surface area (Å²) < 4.78 is 5.17. The third-order valence-corrected chi connectivity index (χ3v) is 3.58. The van der Waals surface area contributed by atoms with E-state index in [1.54, 1.807) is 0 Å². The summed E-state index contributed by atoms with van der Waals surface area (Å²) in [5.41, 5.74) is 1.22. The van der Waals surface area contributed by atoms with E-state index in [1.807, 2.05) is 12.1 Å². The van der Waals surface area contributed by atoms with Crippen LogP contribution in [-0.4, -0.2) is 41.3 Å². The Morgan fingerprint density at radius 2 is 1.84 bits per heavy atom. The molecule has 1 aliphatic rings. The summed E-state index contributed by atoms with van der Waals surface area (Å²) in [6.07, 6.45) is 1.37. The molecule has 1 aromatic carbocycles. The number of aromatic nitrogens is 2. The molecule has 0 amide bonds. The summed E-state index contributed by atoms with van der Waals surface area (Å²) >= 11 is 5.90. The number of anilines is 1. The Labute approximate surface area is 116 Å². The van der Waals surface area contributed by atoms with Crippen molar-refractivity contribution in [2.24, 2.45) is 0 Å². The van der Waals surface area contributed by atoms with E-state index in [9.17, 15) is 0 Å². The van der Waals surface area contributed by atoms with Gasteiger partial charge in [-0.15, -0.1) is 10.2 Å². The summed E-state index contributed by atoms with van der Waals surface area (Å²) in [4.78, 5) is 4.68. The number of hydrogen-bond donors (Lipinski definition) is 0. The van der Waals surface area contributed by atoms with Gasteiger partial charge in [0.25, 0.3) is 0 Å². The third-order valence-electron chi connectivity index (χ3n) is 3.33. The maximum absolute atomic E-state index is 5.90. The Hall–Kier alpha value is -1.59. The van der Waals surface area contributed by atoms with Gasteiger partial charge in [0, 0.05) is 36.9 Å². The van der Waals surface area contributed by atoms with Gasteiger partial charge in [0.15, 0.2) is 0 Å². The summed E-state index contributed by atoms with van der Waals surface area (Å²) in [6, 6.07) is 8.00. The number of benzene rings is 1. The number of rotatable bonds is 3. The van der Waals surface area contributed by atoms with Crippen LogP contribution in [-0.2, 0) is 6.54 Å². The third kappa shape index (κ3) is 3.05. The van der Waals surface area contributed by atoms with Gasteiger partial charge in [-0.05, 0) is 24.3 Å². The first-order valence-electron chi connectivity index (χ1n) is 6.29. The fourth-order valence-corrected chi connectivity index (χ4v) is 2.40. The lowest BCUT2D eigenvalue weighted by molar-refractivity contribution is 0.226. The fraction of sp³-hybridized carbons (Fsp3) is 0.385. The zero-order valence-corrected chi connectivity index (χ0v) is 11.3. The lowest BCUT2D eigenvalue weighted by Crippen LogP contribution is -2.46. The van der Waals surface area contributed by atoms with Crippen molar-refractivity contribution >= 4 is 17.3 Å². The Bertz CT molecular complexity index is 506. The van der Waals surface area contributed by atoms with E-state index in [4.69, 9.17) is 16.0 Å². The predicted octanol–water partition coefficient (Wildman–Crippen LogP) is 2.05. The van der Waals surface area contributed by atoms with Crippen LogP contribution in [0.2, 0.25) is 5.02 Å². The van der Waals surface area contributed by atoms with Gasteiger partial charge in [-0.1, -0.05) is 11.6 Å². The normalized spacial score (nSPS) is 16.8. The number of piperazine rings is 1. The van der Waals surface area contributed by atoms with E-state index in [0.717, 1.165) is 37.7 Å². The van der Waals surface area contributed by atoms with Crippen molar-refractivity contribution in [3.8, 4) is 0 Å². The number of hydrogen-bond acceptors (Lipinski definition) is 5. The molecule has 19 heavy (non-hydrogen) atoms. The molecule has 0 unspecified atom stereocenters. The van der Waals surface area contributed by atoms with Crippen LogP contribution in [0, 0.1) is 0 Å². The van der Waals surface area contributed by atoms with E-state index >= 15 is 0 Å². The topological polar surface area (TPSA) is 45.4 Å². The minimum absolute atomic E-state index is 0.681. The minimum atomic E-state index is 0.681. The zero-order valence-electron chi connectivity index (χ0n) is 10.5. The van der Waals surface area contributed by atoms with E-state index in [1.165, 1.54) is 12.1 Å². The average Bonchev–Trinajstić information content (AvgIpc) is 2.94. The molecule has 3 rings (SSSR count). The van der Waals surface area contributed by atoms with Crippen LogP contribution < -0.4 is 4.90 Å². The SMILES string of the molecule is Clc1ccc(N2CCN(Cc3nnco3)CC2)cc1. The molecule has 1 aliphatic heterocycles. The molecule has 0 spiro atoms. The molecule has 5 nitrogen and oxygen atoms in total. The minimum Gasteiger partial charge on any atom is -0.427 e. The van der Waals surface area contributed by atoms with Gasteiger partial charge in [-0.25, -0.2) is 0 Å². The van der Waals surface area contributed by atoms with Crippen LogP contribution in [0.15, 0.2) is 35.1 Å². The molecule has 1 aromatic heterocycles. The van der Waals surface area contributed by atoms with Gasteiger partial charge in [0.05, 0.1) is 6.54 Å². The molecule has 1 fully saturated rings. The Balaban J connectivity index is 1.56. The fourth-order valence-electron chi connectivity index (χ4n) is 2.27. The molecule has 0 radical (unpaired) electrons. The van der Waals surface area contributed by atoms with Gasteiger partial charge in [-0.3, -0.25) is 4.90 Å². The van der Waals surface area contributed by atoms with Crippen molar-refractivity contribution in [2.45, 2.75) is 6.54 Å². The lowest BCUT2D eigenvalue weighted by atomic mass is 10.2. The summed E-state index contributed by atoms with van der Waals surface area (Å²) in [5.74, 6) is 0.681. The second kappa shape index (κ2) is 5.59. The van der Waals surface area contributed by atoms with Crippen molar-refractivity contribution in [3.05, 3.63) is 41.6 Å². The van der Waals surface area contributed by atoms with Crippen LogP contribution in [0.25, 0.3) is 0 Å². The Kier molecular flexibility index (Phi) is 3.66. The van der Waals surface area contributed by atoms with Gasteiger partial charge >= 0.3 is 0 Å². The lowest BCUT2D eigenvalue weighted by Gasteiger charge is -2.35. The van der Waals surface area contributed by atoms with Crippen molar-refractivity contribution in [3.63, 3.8) is 0 Å². The van der Waals surface area contributed by atoms with Gasteiger partial charge in [-0.2, -0.15) is 0 Å². The first kappa shape index (κ1) is 12.4. The van der Waals surface area contributed by atoms with Crippen LogP contribution in [0.1, 0.15) is 5.89 Å². The highest BCUT2D eigenvalue weighted by molar-refractivity contribution is 6.30. The van der Waals surface area contributed by atoms with E-state index in [2.05, 4.69) is 32.1 Å². The largest absolute Gasteiger partial charge is 0.427 e. The van der Waals surface area contributed by atoms with Crippen LogP contribution in [0.3, 0.4) is 0 Å². The molecule has 0 bridgehead atoms. The van der Waals surface area contributed by atoms with Crippen LogP contribution in [0.4, 0.5) is 5.69 Å². The van der Waals surface area contributed by atoms with Crippen molar-refractivity contribution in [1.29, 1.82) is 0 Å². The quantitative estimate of drug-likeness (QED) is 0.860. The van der Waals surface area contributed by atoms with Crippen molar-refractivity contribution in [1.82, 2.24) is 15.1 Å². The molecule has 6 heteroatoms. The van der Waals surface area contributed by atoms with Gasteiger partial charge < -0.3 is 9.32 Å². The maximum Gasteiger partial charge on any atom is 0.230 e. The van der Waals surface area contributed by atoms with E-state index in [-0.39, 0.29) is 0 Å². The second-order valence-electron chi connectivity index (χ2n) is 4.57. The number of nitrogens with zero attached hydrogens (tertiary/aromatic N) is 4. The van der Waals surface area contributed by atoms with Crippen LogP contribution in [0.5, 0.6) is 0 Å². The summed E-state index contributed by atoms with van der Waals surface area (Å²) in [6.45, 7) is 4.70. The van der Waals surface area contributed by atoms with Crippen LogP contribution >= 0.6 is 11.6 Å². The van der Waals surface area contributed by atoms with Crippen molar-refractivity contribution < 1.29 is 4.42 Å². The molecular formula is C13H15ClN4O. The first-order valence-corrected chi connectivity index (χ1v) is 6.67. The second-order valence-corrected chi connectivity index (χ2v) is 5.01. The monoisotopic (exact) mass is 278 g/mol. The molecule has 0 N–H and O–H groups in total. The predicted molar refractivity (Wildman–Crippen MR) is 73.2 cm³/mol. The van der Waals surface area contributed by atoms with Crippen molar-refractivity contribution in [2.75, 3.05) is 31.1 Å². The molecule has 0 saturated carbocycles. The van der Waals surface area contributed by atoms with E-state index < -0.39 is 0 Å². The molecule has 0 atom stereocenters. The molecule has 2 aromatic rings. The molecule has 2 heterocycles. The number of halogens is 1. The Morgan fingerprint density at radius 1 is 1.11 bits per heavy atom. The maximum atomic E-state index is 5.90.